The molecule has 82 valence electrons. The Bertz CT molecular complexity index is 222. The Labute approximate surface area is 84.5 Å². The van der Waals surface area contributed by atoms with Crippen LogP contribution < -0.4 is 0 Å². The lowest BCUT2D eigenvalue weighted by molar-refractivity contribution is 0.0750. The molecule has 1 heterocycles. The van der Waals surface area contributed by atoms with Gasteiger partial charge in [-0.05, 0) is 11.8 Å². The molecule has 1 saturated heterocycles. The van der Waals surface area contributed by atoms with E-state index in [0.29, 0.717) is 6.54 Å². The van der Waals surface area contributed by atoms with Gasteiger partial charge < -0.3 is 15.1 Å². The number of rotatable bonds is 1. The average molecular weight is 201 g/mol. The fourth-order valence-electron chi connectivity index (χ4n) is 2.44. The van der Waals surface area contributed by atoms with Crippen molar-refractivity contribution in [2.75, 3.05) is 13.2 Å². The highest BCUT2D eigenvalue weighted by molar-refractivity contribution is 5.66. The quantitative estimate of drug-likeness (QED) is 0.674. The first-order valence-corrected chi connectivity index (χ1v) is 4.98. The van der Waals surface area contributed by atoms with Gasteiger partial charge in [0, 0.05) is 25.1 Å². The van der Waals surface area contributed by atoms with Crippen LogP contribution in [0.15, 0.2) is 0 Å². The second-order valence-corrected chi connectivity index (χ2v) is 5.02. The number of aliphatic hydroxyl groups excluding tert-OH is 1. The van der Waals surface area contributed by atoms with E-state index in [1.165, 1.54) is 4.90 Å². The molecule has 0 bridgehead atoms. The third-order valence-electron chi connectivity index (χ3n) is 2.89. The molecule has 0 aromatic rings. The Morgan fingerprint density at radius 3 is 2.43 bits per heavy atom. The summed E-state index contributed by atoms with van der Waals surface area (Å²) in [5.74, 6) is 0.0890. The highest BCUT2D eigenvalue weighted by Crippen LogP contribution is 2.36. The summed E-state index contributed by atoms with van der Waals surface area (Å²) in [6.07, 6.45) is -0.106. The summed E-state index contributed by atoms with van der Waals surface area (Å²) < 4.78 is 0. The molecule has 14 heavy (non-hydrogen) atoms. The number of likely N-dealkylation sites (tertiary alicyclic amines) is 1. The molecule has 1 fully saturated rings. The van der Waals surface area contributed by atoms with Gasteiger partial charge in [-0.15, -0.1) is 0 Å². The Morgan fingerprint density at radius 1 is 1.50 bits per heavy atom. The summed E-state index contributed by atoms with van der Waals surface area (Å²) in [6, 6.07) is -0.0648. The van der Waals surface area contributed by atoms with Crippen molar-refractivity contribution in [2.45, 2.75) is 33.2 Å². The van der Waals surface area contributed by atoms with Crippen LogP contribution in [0.25, 0.3) is 0 Å². The Balaban J connectivity index is 2.86. The SMILES string of the molecule is CC(C)(C)C1[C@@H](CO)CCN1C(=O)O. The van der Waals surface area contributed by atoms with Crippen LogP contribution in [0.2, 0.25) is 0 Å². The smallest absolute Gasteiger partial charge is 0.407 e. The minimum absolute atomic E-state index is 0.0648. The summed E-state index contributed by atoms with van der Waals surface area (Å²) in [7, 11) is 0. The maximum atomic E-state index is 11.0. The lowest BCUT2D eigenvalue weighted by atomic mass is 9.80. The molecule has 0 radical (unpaired) electrons. The number of nitrogens with zero attached hydrogens (tertiary/aromatic N) is 1. The fourth-order valence-corrected chi connectivity index (χ4v) is 2.44. The van der Waals surface area contributed by atoms with Crippen LogP contribution in [0.4, 0.5) is 4.79 Å². The molecule has 0 aliphatic carbocycles. The zero-order valence-corrected chi connectivity index (χ0v) is 9.03. The number of hydrogen-bond donors (Lipinski definition) is 2. The van der Waals surface area contributed by atoms with Crippen LogP contribution >= 0.6 is 0 Å². The molecule has 2 atom stereocenters. The monoisotopic (exact) mass is 201 g/mol. The van der Waals surface area contributed by atoms with E-state index in [9.17, 15) is 9.90 Å². The first kappa shape index (κ1) is 11.3. The Kier molecular flexibility index (Phi) is 3.04. The third kappa shape index (κ3) is 2.00. The lowest BCUT2D eigenvalue weighted by Gasteiger charge is -2.36. The van der Waals surface area contributed by atoms with Gasteiger partial charge in [0.25, 0.3) is 0 Å². The summed E-state index contributed by atoms with van der Waals surface area (Å²) in [6.45, 7) is 6.67. The molecule has 0 aromatic carbocycles. The van der Waals surface area contributed by atoms with Gasteiger partial charge >= 0.3 is 6.09 Å². The van der Waals surface area contributed by atoms with E-state index in [-0.39, 0.29) is 24.0 Å². The molecular weight excluding hydrogens is 182 g/mol. The summed E-state index contributed by atoms with van der Waals surface area (Å²) in [4.78, 5) is 12.4. The van der Waals surface area contributed by atoms with Crippen molar-refractivity contribution >= 4 is 6.09 Å². The second kappa shape index (κ2) is 3.77. The molecule has 1 rings (SSSR count). The van der Waals surface area contributed by atoms with Crippen molar-refractivity contribution in [3.8, 4) is 0 Å². The van der Waals surface area contributed by atoms with Crippen LogP contribution in [0.1, 0.15) is 27.2 Å². The maximum Gasteiger partial charge on any atom is 0.407 e. The van der Waals surface area contributed by atoms with Crippen molar-refractivity contribution in [3.05, 3.63) is 0 Å². The summed E-state index contributed by atoms with van der Waals surface area (Å²) in [5.41, 5.74) is -0.109. The number of carboxylic acid groups (broad SMARTS) is 1. The van der Waals surface area contributed by atoms with Gasteiger partial charge in [-0.25, -0.2) is 4.79 Å². The van der Waals surface area contributed by atoms with Gasteiger partial charge in [0.1, 0.15) is 0 Å². The van der Waals surface area contributed by atoms with Gasteiger partial charge in [0.15, 0.2) is 0 Å². The zero-order chi connectivity index (χ0) is 10.9. The van der Waals surface area contributed by atoms with E-state index >= 15 is 0 Å². The van der Waals surface area contributed by atoms with Crippen LogP contribution in [-0.4, -0.2) is 40.4 Å². The van der Waals surface area contributed by atoms with E-state index in [4.69, 9.17) is 5.11 Å². The van der Waals surface area contributed by atoms with E-state index in [1.807, 2.05) is 20.8 Å². The van der Waals surface area contributed by atoms with Crippen LogP contribution in [0.3, 0.4) is 0 Å². The Morgan fingerprint density at radius 2 is 2.07 bits per heavy atom. The van der Waals surface area contributed by atoms with Crippen LogP contribution in [0, 0.1) is 11.3 Å². The largest absolute Gasteiger partial charge is 0.465 e. The molecule has 4 heteroatoms. The maximum absolute atomic E-state index is 11.0. The van der Waals surface area contributed by atoms with E-state index in [0.717, 1.165) is 6.42 Å². The standard InChI is InChI=1S/C10H19NO3/c1-10(2,3)8-7(6-12)4-5-11(8)9(13)14/h7-8,12H,4-6H2,1-3H3,(H,13,14)/t7-,8?/m1/s1. The van der Waals surface area contributed by atoms with Crippen molar-refractivity contribution in [1.82, 2.24) is 4.90 Å². The molecule has 0 saturated carbocycles. The first-order chi connectivity index (χ1) is 6.38. The lowest BCUT2D eigenvalue weighted by Crippen LogP contribution is -2.46. The predicted molar refractivity (Wildman–Crippen MR) is 53.2 cm³/mol. The first-order valence-electron chi connectivity index (χ1n) is 4.98. The van der Waals surface area contributed by atoms with Gasteiger partial charge in [-0.2, -0.15) is 0 Å². The van der Waals surface area contributed by atoms with Crippen molar-refractivity contribution in [2.24, 2.45) is 11.3 Å². The van der Waals surface area contributed by atoms with E-state index < -0.39 is 6.09 Å². The van der Waals surface area contributed by atoms with Crippen molar-refractivity contribution in [1.29, 1.82) is 0 Å². The normalized spacial score (nSPS) is 28.1. The van der Waals surface area contributed by atoms with Gasteiger partial charge in [-0.3, -0.25) is 0 Å². The number of amides is 1. The molecule has 1 aliphatic rings. The summed E-state index contributed by atoms with van der Waals surface area (Å²) >= 11 is 0. The highest BCUT2D eigenvalue weighted by atomic mass is 16.4. The fraction of sp³-hybridized carbons (Fsp3) is 0.900. The van der Waals surface area contributed by atoms with Crippen molar-refractivity contribution in [3.63, 3.8) is 0 Å². The minimum Gasteiger partial charge on any atom is -0.465 e. The Hall–Kier alpha value is -0.770. The van der Waals surface area contributed by atoms with Crippen LogP contribution in [-0.2, 0) is 0 Å². The molecule has 1 unspecified atom stereocenters. The third-order valence-corrected chi connectivity index (χ3v) is 2.89. The van der Waals surface area contributed by atoms with Gasteiger partial charge in [-0.1, -0.05) is 20.8 Å². The van der Waals surface area contributed by atoms with E-state index in [1.54, 1.807) is 0 Å². The molecule has 0 aromatic heterocycles. The molecular formula is C10H19NO3. The van der Waals surface area contributed by atoms with Gasteiger partial charge in [0.05, 0.1) is 0 Å². The number of carbonyl (C=O) groups is 1. The van der Waals surface area contributed by atoms with Crippen LogP contribution in [0.5, 0.6) is 0 Å². The molecule has 4 nitrogen and oxygen atoms in total. The number of aliphatic hydroxyl groups is 1. The molecule has 0 spiro atoms. The predicted octanol–water partition coefficient (Wildman–Crippen LogP) is 1.39. The highest BCUT2D eigenvalue weighted by Gasteiger charge is 2.43. The summed E-state index contributed by atoms with van der Waals surface area (Å²) in [5, 5.41) is 18.2. The molecule has 2 N–H and O–H groups in total. The zero-order valence-electron chi connectivity index (χ0n) is 9.03. The average Bonchev–Trinajstić information content (AvgIpc) is 2.45. The van der Waals surface area contributed by atoms with E-state index in [2.05, 4.69) is 0 Å². The molecule has 1 amide bonds. The van der Waals surface area contributed by atoms with Crippen molar-refractivity contribution < 1.29 is 15.0 Å². The van der Waals surface area contributed by atoms with Gasteiger partial charge in [0.2, 0.25) is 0 Å². The topological polar surface area (TPSA) is 60.8 Å². The second-order valence-electron chi connectivity index (χ2n) is 5.02. The minimum atomic E-state index is -0.874. The molecule has 1 aliphatic heterocycles. The number of hydrogen-bond acceptors (Lipinski definition) is 2.